The Bertz CT molecular complexity index is 430. The van der Waals surface area contributed by atoms with E-state index in [1.165, 1.54) is 12.1 Å². The van der Waals surface area contributed by atoms with Crippen LogP contribution in [-0.4, -0.2) is 24.6 Å². The molecule has 0 bridgehead atoms. The summed E-state index contributed by atoms with van der Waals surface area (Å²) < 4.78 is 44.0. The third-order valence-electron chi connectivity index (χ3n) is 3.34. The molecule has 2 nitrogen and oxygen atoms in total. The molecule has 6 heteroatoms. The normalized spacial score (nSPS) is 19.2. The number of para-hydroxylation sites is 1. The summed E-state index contributed by atoms with van der Waals surface area (Å²) in [5.41, 5.74) is -1.11. The van der Waals surface area contributed by atoms with Crippen LogP contribution >= 0.6 is 11.6 Å². The molecule has 0 aromatic heterocycles. The van der Waals surface area contributed by atoms with E-state index in [0.29, 0.717) is 26.1 Å². The Hall–Kier alpha value is -0.940. The Morgan fingerprint density at radius 3 is 2.42 bits per heavy atom. The summed E-state index contributed by atoms with van der Waals surface area (Å²) >= 11 is 5.95. The van der Waals surface area contributed by atoms with Crippen LogP contribution < -0.4 is 5.32 Å². The van der Waals surface area contributed by atoms with Gasteiger partial charge in [0.1, 0.15) is 0 Å². The van der Waals surface area contributed by atoms with Gasteiger partial charge in [0.25, 0.3) is 0 Å². The Labute approximate surface area is 114 Å². The van der Waals surface area contributed by atoms with E-state index in [1.54, 1.807) is 6.07 Å². The number of rotatable bonds is 3. The van der Waals surface area contributed by atoms with Gasteiger partial charge in [-0.15, -0.1) is 11.6 Å². The van der Waals surface area contributed by atoms with Crippen molar-refractivity contribution < 1.29 is 17.9 Å². The average Bonchev–Trinajstić information content (AvgIpc) is 2.39. The lowest BCUT2D eigenvalue weighted by molar-refractivity contribution is -0.137. The first kappa shape index (κ1) is 14.5. The molecule has 1 fully saturated rings. The van der Waals surface area contributed by atoms with E-state index >= 15 is 0 Å². The molecule has 0 amide bonds. The maximum Gasteiger partial charge on any atom is 0.418 e. The summed E-state index contributed by atoms with van der Waals surface area (Å²) in [4.78, 5) is 0. The predicted octanol–water partition coefficient (Wildman–Crippen LogP) is 3.91. The molecule has 2 rings (SSSR count). The van der Waals surface area contributed by atoms with Crippen molar-refractivity contribution in [2.75, 3.05) is 24.4 Å². The van der Waals surface area contributed by atoms with Gasteiger partial charge in [-0.2, -0.15) is 13.2 Å². The number of nitrogens with one attached hydrogen (secondary N) is 1. The van der Waals surface area contributed by atoms with E-state index < -0.39 is 17.3 Å². The maximum atomic E-state index is 12.9. The van der Waals surface area contributed by atoms with Crippen molar-refractivity contribution in [2.45, 2.75) is 24.6 Å². The molecule has 0 unspecified atom stereocenters. The minimum Gasteiger partial charge on any atom is -0.381 e. The Morgan fingerprint density at radius 1 is 1.21 bits per heavy atom. The molecule has 19 heavy (non-hydrogen) atoms. The summed E-state index contributed by atoms with van der Waals surface area (Å²) in [6.07, 6.45) is -3.17. The summed E-state index contributed by atoms with van der Waals surface area (Å²) in [6, 6.07) is 5.47. The number of anilines is 1. The van der Waals surface area contributed by atoms with Crippen LogP contribution in [0.5, 0.6) is 0 Å². The molecule has 1 N–H and O–H groups in total. The van der Waals surface area contributed by atoms with E-state index in [9.17, 15) is 13.2 Å². The second kappa shape index (κ2) is 5.59. The van der Waals surface area contributed by atoms with Crippen molar-refractivity contribution in [1.82, 2.24) is 0 Å². The molecule has 1 aliphatic rings. The minimum absolute atomic E-state index is 0.0811. The Balaban J connectivity index is 2.27. The van der Waals surface area contributed by atoms with E-state index in [0.717, 1.165) is 6.07 Å². The fourth-order valence-corrected chi connectivity index (χ4v) is 2.51. The van der Waals surface area contributed by atoms with Gasteiger partial charge < -0.3 is 10.1 Å². The number of ether oxygens (including phenoxy) is 1. The van der Waals surface area contributed by atoms with Crippen LogP contribution in [0, 0.1) is 0 Å². The molecule has 1 aromatic carbocycles. The largest absolute Gasteiger partial charge is 0.418 e. The molecule has 1 aliphatic heterocycles. The third-order valence-corrected chi connectivity index (χ3v) is 3.85. The first-order valence-corrected chi connectivity index (χ1v) is 6.58. The SMILES string of the molecule is FC(F)(F)c1ccccc1NC1(CCl)CCOCC1. The molecule has 106 valence electrons. The van der Waals surface area contributed by atoms with Gasteiger partial charge in [0.05, 0.1) is 11.1 Å². The molecule has 1 saturated heterocycles. The van der Waals surface area contributed by atoms with Crippen molar-refractivity contribution in [1.29, 1.82) is 0 Å². The van der Waals surface area contributed by atoms with E-state index in [4.69, 9.17) is 16.3 Å². The number of hydrogen-bond donors (Lipinski definition) is 1. The molecule has 0 atom stereocenters. The van der Waals surface area contributed by atoms with Gasteiger partial charge in [-0.1, -0.05) is 12.1 Å². The highest BCUT2D eigenvalue weighted by molar-refractivity contribution is 6.18. The Morgan fingerprint density at radius 2 is 1.84 bits per heavy atom. The predicted molar refractivity (Wildman–Crippen MR) is 68.6 cm³/mol. The van der Waals surface area contributed by atoms with E-state index in [1.807, 2.05) is 0 Å². The van der Waals surface area contributed by atoms with Crippen LogP contribution in [0.3, 0.4) is 0 Å². The third kappa shape index (κ3) is 3.34. The molecule has 0 radical (unpaired) electrons. The zero-order valence-corrected chi connectivity index (χ0v) is 11.0. The van der Waals surface area contributed by atoms with Crippen molar-refractivity contribution in [3.63, 3.8) is 0 Å². The average molecular weight is 294 g/mol. The van der Waals surface area contributed by atoms with E-state index in [-0.39, 0.29) is 11.6 Å². The second-order valence-electron chi connectivity index (χ2n) is 4.69. The lowest BCUT2D eigenvalue weighted by atomic mass is 9.91. The van der Waals surface area contributed by atoms with Gasteiger partial charge >= 0.3 is 6.18 Å². The van der Waals surface area contributed by atoms with Crippen LogP contribution in [0.4, 0.5) is 18.9 Å². The first-order chi connectivity index (χ1) is 8.97. The minimum atomic E-state index is -4.37. The van der Waals surface area contributed by atoms with Gasteiger partial charge in [0, 0.05) is 24.8 Å². The lowest BCUT2D eigenvalue weighted by Gasteiger charge is -2.38. The number of hydrogen-bond acceptors (Lipinski definition) is 2. The zero-order chi connectivity index (χ0) is 13.9. The molecule has 0 saturated carbocycles. The smallest absolute Gasteiger partial charge is 0.381 e. The highest BCUT2D eigenvalue weighted by atomic mass is 35.5. The van der Waals surface area contributed by atoms with Gasteiger partial charge in [-0.3, -0.25) is 0 Å². The maximum absolute atomic E-state index is 12.9. The van der Waals surface area contributed by atoms with Gasteiger partial charge in [-0.05, 0) is 25.0 Å². The zero-order valence-electron chi connectivity index (χ0n) is 10.3. The lowest BCUT2D eigenvalue weighted by Crippen LogP contribution is -2.45. The van der Waals surface area contributed by atoms with Crippen LogP contribution in [0.2, 0.25) is 0 Å². The van der Waals surface area contributed by atoms with Crippen LogP contribution in [0.1, 0.15) is 18.4 Å². The highest BCUT2D eigenvalue weighted by Gasteiger charge is 2.37. The molecule has 1 aromatic rings. The molecule has 0 aliphatic carbocycles. The molecular weight excluding hydrogens is 279 g/mol. The summed E-state index contributed by atoms with van der Waals surface area (Å²) in [7, 11) is 0. The molecule has 1 heterocycles. The second-order valence-corrected chi connectivity index (χ2v) is 4.96. The number of benzene rings is 1. The van der Waals surface area contributed by atoms with Crippen molar-refractivity contribution in [3.05, 3.63) is 29.8 Å². The topological polar surface area (TPSA) is 21.3 Å². The quantitative estimate of drug-likeness (QED) is 0.853. The van der Waals surface area contributed by atoms with E-state index in [2.05, 4.69) is 5.32 Å². The molecule has 0 spiro atoms. The van der Waals surface area contributed by atoms with Crippen molar-refractivity contribution in [3.8, 4) is 0 Å². The monoisotopic (exact) mass is 293 g/mol. The van der Waals surface area contributed by atoms with Gasteiger partial charge in [0.15, 0.2) is 0 Å². The van der Waals surface area contributed by atoms with Gasteiger partial charge in [0.2, 0.25) is 0 Å². The fourth-order valence-electron chi connectivity index (χ4n) is 2.18. The summed E-state index contributed by atoms with van der Waals surface area (Å²) in [6.45, 7) is 1.02. The van der Waals surface area contributed by atoms with Crippen LogP contribution in [0.25, 0.3) is 0 Å². The molecular formula is C13H15ClF3NO. The van der Waals surface area contributed by atoms with Crippen LogP contribution in [0.15, 0.2) is 24.3 Å². The highest BCUT2D eigenvalue weighted by Crippen LogP contribution is 2.37. The first-order valence-electron chi connectivity index (χ1n) is 6.05. The van der Waals surface area contributed by atoms with Crippen molar-refractivity contribution in [2.24, 2.45) is 0 Å². The van der Waals surface area contributed by atoms with Crippen LogP contribution in [-0.2, 0) is 10.9 Å². The standard InChI is InChI=1S/C13H15ClF3NO/c14-9-12(5-7-19-8-6-12)18-11-4-2-1-3-10(11)13(15,16)17/h1-4,18H,5-9H2. The number of halogens is 4. The Kier molecular flexibility index (Phi) is 4.26. The van der Waals surface area contributed by atoms with Crippen molar-refractivity contribution >= 4 is 17.3 Å². The summed E-state index contributed by atoms with van der Waals surface area (Å²) in [5.74, 6) is 0.253. The number of alkyl halides is 4. The fraction of sp³-hybridized carbons (Fsp3) is 0.538. The van der Waals surface area contributed by atoms with Gasteiger partial charge in [-0.25, -0.2) is 0 Å². The summed E-state index contributed by atoms with van der Waals surface area (Å²) in [5, 5.41) is 2.99.